The minimum absolute atomic E-state index is 0.103. The van der Waals surface area contributed by atoms with E-state index >= 15 is 0 Å². The second-order valence-corrected chi connectivity index (χ2v) is 12.7. The topological polar surface area (TPSA) is 105 Å². The number of likely N-dealkylation sites (N-methyl/N-ethyl adjacent to an activating group) is 1. The Morgan fingerprint density at radius 3 is 2.66 bits per heavy atom. The van der Waals surface area contributed by atoms with Crippen molar-refractivity contribution in [2.75, 3.05) is 33.9 Å². The van der Waals surface area contributed by atoms with Crippen molar-refractivity contribution in [1.82, 2.24) is 30.1 Å². The first kappa shape index (κ1) is 32.9. The number of hydrogen-bond donors (Lipinski definition) is 3. The Hall–Kier alpha value is -3.99. The van der Waals surface area contributed by atoms with Crippen molar-refractivity contribution < 1.29 is 14.6 Å². The molecule has 5 aromatic rings. The van der Waals surface area contributed by atoms with Crippen LogP contribution < -0.4 is 15.4 Å². The number of methoxy groups -OCH3 is 1. The number of halogens is 2. The normalized spacial score (nSPS) is 14.7. The van der Waals surface area contributed by atoms with Crippen LogP contribution in [0.3, 0.4) is 0 Å². The molecule has 1 atom stereocenters. The number of benzene rings is 2. The number of ether oxygens (including phenoxy) is 1. The number of aliphatic hydroxyl groups is 1. The Balaban J connectivity index is 1.27. The van der Waals surface area contributed by atoms with E-state index in [1.165, 1.54) is 5.56 Å². The number of carbonyl (C=O) groups excluding carboxylic acids is 1. The average molecular weight is 674 g/mol. The quantitative estimate of drug-likeness (QED) is 0.148. The van der Waals surface area contributed by atoms with Crippen molar-refractivity contribution in [3.63, 3.8) is 0 Å². The number of aryl methyl sites for hydroxylation is 1. The van der Waals surface area contributed by atoms with Gasteiger partial charge in [0.15, 0.2) is 0 Å². The van der Waals surface area contributed by atoms with Crippen LogP contribution in [0.4, 0.5) is 0 Å². The highest BCUT2D eigenvalue weighted by molar-refractivity contribution is 6.39. The van der Waals surface area contributed by atoms with Crippen LogP contribution in [-0.2, 0) is 24.9 Å². The summed E-state index contributed by atoms with van der Waals surface area (Å²) in [6.45, 7) is 2.71. The molecule has 1 aliphatic heterocycles. The van der Waals surface area contributed by atoms with Gasteiger partial charge in [-0.25, -0.2) is 4.98 Å². The van der Waals surface area contributed by atoms with E-state index in [2.05, 4.69) is 43.4 Å². The van der Waals surface area contributed by atoms with E-state index in [1.54, 1.807) is 13.3 Å². The summed E-state index contributed by atoms with van der Waals surface area (Å²) in [5, 5.41) is 17.9. The highest BCUT2D eigenvalue weighted by atomic mass is 35.5. The van der Waals surface area contributed by atoms with Crippen molar-refractivity contribution in [3.8, 4) is 39.5 Å². The number of hydrogen-bond acceptors (Lipinski definition) is 7. The number of pyridine rings is 2. The molecule has 3 N–H and O–H groups in total. The minimum atomic E-state index is 0.103. The molecule has 3 aromatic heterocycles. The molecule has 1 amide bonds. The third-order valence-electron chi connectivity index (χ3n) is 8.65. The molecule has 0 saturated carbocycles. The fourth-order valence-electron chi connectivity index (χ4n) is 6.21. The number of amides is 1. The largest absolute Gasteiger partial charge is 0.481 e. The molecule has 244 valence electrons. The average Bonchev–Trinajstić information content (AvgIpc) is 3.62. The van der Waals surface area contributed by atoms with Gasteiger partial charge in [-0.3, -0.25) is 14.7 Å². The Labute approximate surface area is 284 Å². The Morgan fingerprint density at radius 2 is 1.89 bits per heavy atom. The fraction of sp³-hybridized carbons (Fsp3) is 0.306. The fourth-order valence-corrected chi connectivity index (χ4v) is 6.86. The molecule has 9 nitrogen and oxygen atoms in total. The SMILES string of the molecule is COc1nc(-c2cccc(-c3ccnc(-c4ccc5c(CN(C)CCO)cn(C)c5c4)c3Cl)c2Cl)ccc1CNC[C@H]1CCC(=O)N1. The van der Waals surface area contributed by atoms with Crippen LogP contribution in [0.5, 0.6) is 5.88 Å². The molecule has 1 aliphatic rings. The van der Waals surface area contributed by atoms with Crippen molar-refractivity contribution in [3.05, 3.63) is 88.2 Å². The van der Waals surface area contributed by atoms with E-state index in [-0.39, 0.29) is 18.6 Å². The monoisotopic (exact) mass is 672 g/mol. The summed E-state index contributed by atoms with van der Waals surface area (Å²) in [4.78, 5) is 23.1. The van der Waals surface area contributed by atoms with Crippen LogP contribution in [0.25, 0.3) is 44.5 Å². The van der Waals surface area contributed by atoms with Gasteiger partial charge in [-0.1, -0.05) is 59.6 Å². The van der Waals surface area contributed by atoms with Crippen LogP contribution in [0.1, 0.15) is 24.0 Å². The summed E-state index contributed by atoms with van der Waals surface area (Å²) in [5.74, 6) is 0.612. The van der Waals surface area contributed by atoms with Crippen molar-refractivity contribution in [2.45, 2.75) is 32.0 Å². The number of nitrogens with one attached hydrogen (secondary N) is 2. The van der Waals surface area contributed by atoms with Crippen LogP contribution in [0.15, 0.2) is 67.0 Å². The van der Waals surface area contributed by atoms with Crippen molar-refractivity contribution >= 4 is 40.0 Å². The van der Waals surface area contributed by atoms with E-state index in [4.69, 9.17) is 32.9 Å². The first-order valence-electron chi connectivity index (χ1n) is 15.6. The third-order valence-corrected chi connectivity index (χ3v) is 9.44. The van der Waals surface area contributed by atoms with Crippen LogP contribution in [0, 0.1) is 0 Å². The van der Waals surface area contributed by atoms with Crippen LogP contribution in [0.2, 0.25) is 10.0 Å². The lowest BCUT2D eigenvalue weighted by Gasteiger charge is -2.15. The molecule has 0 spiro atoms. The molecular weight excluding hydrogens is 635 g/mol. The predicted molar refractivity (Wildman–Crippen MR) is 188 cm³/mol. The van der Waals surface area contributed by atoms with E-state index < -0.39 is 0 Å². The van der Waals surface area contributed by atoms with Gasteiger partial charge in [0.2, 0.25) is 11.8 Å². The van der Waals surface area contributed by atoms with Gasteiger partial charge in [-0.15, -0.1) is 0 Å². The zero-order valence-corrected chi connectivity index (χ0v) is 28.2. The molecule has 11 heteroatoms. The zero-order chi connectivity index (χ0) is 33.1. The number of aromatic nitrogens is 3. The van der Waals surface area contributed by atoms with Gasteiger partial charge in [0.1, 0.15) is 0 Å². The van der Waals surface area contributed by atoms with E-state index in [0.29, 0.717) is 53.4 Å². The van der Waals surface area contributed by atoms with Crippen molar-refractivity contribution in [1.29, 1.82) is 0 Å². The van der Waals surface area contributed by atoms with Crippen LogP contribution >= 0.6 is 23.2 Å². The highest BCUT2D eigenvalue weighted by Gasteiger charge is 2.21. The summed E-state index contributed by atoms with van der Waals surface area (Å²) >= 11 is 14.2. The smallest absolute Gasteiger partial charge is 0.220 e. The maximum Gasteiger partial charge on any atom is 0.220 e. The third kappa shape index (κ3) is 7.00. The Kier molecular flexibility index (Phi) is 10.1. The van der Waals surface area contributed by atoms with E-state index in [0.717, 1.165) is 51.7 Å². The summed E-state index contributed by atoms with van der Waals surface area (Å²) in [6.07, 6.45) is 5.30. The Morgan fingerprint density at radius 1 is 1.09 bits per heavy atom. The maximum atomic E-state index is 11.5. The van der Waals surface area contributed by atoms with Crippen molar-refractivity contribution in [2.24, 2.45) is 7.05 Å². The minimum Gasteiger partial charge on any atom is -0.481 e. The highest BCUT2D eigenvalue weighted by Crippen LogP contribution is 2.42. The summed E-state index contributed by atoms with van der Waals surface area (Å²) < 4.78 is 7.76. The van der Waals surface area contributed by atoms with E-state index in [9.17, 15) is 9.90 Å². The summed E-state index contributed by atoms with van der Waals surface area (Å²) in [6, 6.07) is 18.0. The van der Waals surface area contributed by atoms with Gasteiger partial charge in [-0.05, 0) is 37.2 Å². The maximum absolute atomic E-state index is 11.5. The lowest BCUT2D eigenvalue weighted by Crippen LogP contribution is -2.35. The lowest BCUT2D eigenvalue weighted by atomic mass is 9.99. The van der Waals surface area contributed by atoms with Gasteiger partial charge >= 0.3 is 0 Å². The standard InChI is InChI=1S/C36H38Cl2N6O3/c1-43(15-16-45)20-24-21-44(2)31-17-22(7-10-26(24)31)35-34(38)28(13-14-40-35)27-5-4-6-29(33(27)37)30-11-8-23(36(42-30)47-3)18-39-19-25-9-12-32(46)41-25/h4-8,10-11,13-14,17,21,25,39,45H,9,12,15-16,18-20H2,1-3H3,(H,41,46)/t25-/m1/s1. The molecular formula is C36H38Cl2N6O3. The van der Waals surface area contributed by atoms with E-state index in [1.807, 2.05) is 56.6 Å². The number of rotatable bonds is 12. The van der Waals surface area contributed by atoms with Gasteiger partial charge in [-0.2, -0.15) is 0 Å². The number of nitrogens with zero attached hydrogens (tertiary/aromatic N) is 4. The number of fused-ring (bicyclic) bond motifs is 1. The molecule has 0 aliphatic carbocycles. The van der Waals surface area contributed by atoms with Gasteiger partial charge in [0.05, 0.1) is 35.1 Å². The molecule has 0 bridgehead atoms. The van der Waals surface area contributed by atoms with Gasteiger partial charge in [0, 0.05) is 96.8 Å². The van der Waals surface area contributed by atoms with Crippen LogP contribution in [-0.4, -0.2) is 70.3 Å². The Bertz CT molecular complexity index is 1930. The second-order valence-electron chi connectivity index (χ2n) is 11.9. The molecule has 1 saturated heterocycles. The molecule has 0 unspecified atom stereocenters. The summed E-state index contributed by atoms with van der Waals surface area (Å²) in [7, 11) is 5.63. The second kappa shape index (κ2) is 14.4. The molecule has 47 heavy (non-hydrogen) atoms. The molecule has 2 aromatic carbocycles. The predicted octanol–water partition coefficient (Wildman–Crippen LogP) is 6.08. The molecule has 1 fully saturated rings. The first-order chi connectivity index (χ1) is 22.8. The zero-order valence-electron chi connectivity index (χ0n) is 26.7. The molecule has 4 heterocycles. The van der Waals surface area contributed by atoms with Gasteiger partial charge < -0.3 is 25.0 Å². The van der Waals surface area contributed by atoms with Gasteiger partial charge in [0.25, 0.3) is 0 Å². The number of aliphatic hydroxyl groups excluding tert-OH is 1. The molecule has 6 rings (SSSR count). The number of carbonyl (C=O) groups is 1. The summed E-state index contributed by atoms with van der Waals surface area (Å²) in [5.41, 5.74) is 7.73. The lowest BCUT2D eigenvalue weighted by molar-refractivity contribution is -0.119. The first-order valence-corrected chi connectivity index (χ1v) is 16.4. The molecule has 0 radical (unpaired) electrons.